The lowest BCUT2D eigenvalue weighted by Crippen LogP contribution is -2.57. The molecule has 2 saturated heterocycles. The number of Topliss-reactive ketones (excluding diaryl/α,β-unsaturated/α-hetero) is 1. The van der Waals surface area contributed by atoms with Gasteiger partial charge in [-0.3, -0.25) is 9.80 Å². The smallest absolute Gasteiger partial charge is 0.175 e. The van der Waals surface area contributed by atoms with Gasteiger partial charge in [-0.15, -0.1) is 0 Å². The van der Waals surface area contributed by atoms with Gasteiger partial charge in [-0.25, -0.2) is 5.43 Å². The average Bonchev–Trinajstić information content (AvgIpc) is 2.69. The van der Waals surface area contributed by atoms with Gasteiger partial charge < -0.3 is 5.32 Å². The van der Waals surface area contributed by atoms with Crippen LogP contribution in [0.4, 0.5) is 5.69 Å². The zero-order valence-electron chi connectivity index (χ0n) is 9.78. The Bertz CT molecular complexity index is 412. The van der Waals surface area contributed by atoms with Gasteiger partial charge in [0.2, 0.25) is 0 Å². The van der Waals surface area contributed by atoms with Crippen LogP contribution in [0.15, 0.2) is 30.3 Å². The molecular weight excluding hydrogens is 214 g/mol. The van der Waals surface area contributed by atoms with Crippen LogP contribution in [0.2, 0.25) is 0 Å². The van der Waals surface area contributed by atoms with Crippen LogP contribution in [0.1, 0.15) is 12.8 Å². The van der Waals surface area contributed by atoms with Crippen LogP contribution in [0.25, 0.3) is 0 Å². The molecular formula is C13H17N3O. The van der Waals surface area contributed by atoms with E-state index >= 15 is 0 Å². The van der Waals surface area contributed by atoms with Gasteiger partial charge in [-0.2, -0.15) is 0 Å². The highest BCUT2D eigenvalue weighted by molar-refractivity contribution is 5.96. The van der Waals surface area contributed by atoms with Gasteiger partial charge in [0.05, 0.1) is 12.2 Å². The third-order valence-corrected chi connectivity index (χ3v) is 3.79. The quantitative estimate of drug-likeness (QED) is 0.747. The van der Waals surface area contributed by atoms with Crippen molar-refractivity contribution >= 4 is 11.5 Å². The minimum absolute atomic E-state index is 0.322. The second-order valence-corrected chi connectivity index (χ2v) is 4.71. The summed E-state index contributed by atoms with van der Waals surface area (Å²) in [6, 6.07) is 10.1. The Morgan fingerprint density at radius 2 is 1.82 bits per heavy atom. The number of ketones is 1. The Hall–Kier alpha value is -1.39. The van der Waals surface area contributed by atoms with E-state index in [-0.39, 0.29) is 5.54 Å². The molecule has 0 saturated carbocycles. The lowest BCUT2D eigenvalue weighted by molar-refractivity contribution is -0.121. The van der Waals surface area contributed by atoms with Gasteiger partial charge in [0.1, 0.15) is 5.54 Å². The SMILES string of the molecule is O=C1CNN(c2ccccc2)C12CCNCC2. The number of benzene rings is 1. The number of hydrogen-bond acceptors (Lipinski definition) is 4. The summed E-state index contributed by atoms with van der Waals surface area (Å²) in [5.74, 6) is 0.322. The molecule has 1 aromatic rings. The van der Waals surface area contributed by atoms with E-state index in [1.54, 1.807) is 0 Å². The fourth-order valence-electron chi connectivity index (χ4n) is 2.85. The lowest BCUT2D eigenvalue weighted by atomic mass is 9.84. The molecule has 0 bridgehead atoms. The maximum Gasteiger partial charge on any atom is 0.175 e. The summed E-state index contributed by atoms with van der Waals surface area (Å²) in [7, 11) is 0. The molecule has 0 unspecified atom stereocenters. The maximum atomic E-state index is 12.2. The molecule has 17 heavy (non-hydrogen) atoms. The first-order chi connectivity index (χ1) is 8.33. The Balaban J connectivity index is 1.96. The summed E-state index contributed by atoms with van der Waals surface area (Å²) < 4.78 is 0. The zero-order chi connectivity index (χ0) is 11.7. The predicted molar refractivity (Wildman–Crippen MR) is 66.8 cm³/mol. The summed E-state index contributed by atoms with van der Waals surface area (Å²) in [6.07, 6.45) is 1.77. The largest absolute Gasteiger partial charge is 0.317 e. The first kappa shape index (κ1) is 10.7. The summed E-state index contributed by atoms with van der Waals surface area (Å²) >= 11 is 0. The van der Waals surface area contributed by atoms with Crippen LogP contribution in [0.3, 0.4) is 0 Å². The van der Waals surface area contributed by atoms with E-state index < -0.39 is 0 Å². The zero-order valence-corrected chi connectivity index (χ0v) is 9.78. The molecule has 0 radical (unpaired) electrons. The van der Waals surface area contributed by atoms with E-state index in [0.717, 1.165) is 31.6 Å². The summed E-state index contributed by atoms with van der Waals surface area (Å²) in [6.45, 7) is 2.28. The first-order valence-electron chi connectivity index (χ1n) is 6.16. The van der Waals surface area contributed by atoms with Crippen molar-refractivity contribution in [3.63, 3.8) is 0 Å². The van der Waals surface area contributed by atoms with Crippen molar-refractivity contribution in [3.8, 4) is 0 Å². The molecule has 0 aromatic heterocycles. The Labute approximate surface area is 101 Å². The molecule has 90 valence electrons. The number of nitrogens with zero attached hydrogens (tertiary/aromatic N) is 1. The molecule has 2 aliphatic rings. The molecule has 4 nitrogen and oxygen atoms in total. The van der Waals surface area contributed by atoms with E-state index in [0.29, 0.717) is 12.3 Å². The number of rotatable bonds is 1. The van der Waals surface area contributed by atoms with Crippen LogP contribution in [-0.4, -0.2) is 31.0 Å². The third-order valence-electron chi connectivity index (χ3n) is 3.79. The Morgan fingerprint density at radius 3 is 2.53 bits per heavy atom. The van der Waals surface area contributed by atoms with Crippen molar-refractivity contribution in [2.24, 2.45) is 0 Å². The monoisotopic (exact) mass is 231 g/mol. The molecule has 1 spiro atoms. The number of hydrazine groups is 1. The number of anilines is 1. The lowest BCUT2D eigenvalue weighted by Gasteiger charge is -2.40. The molecule has 4 heteroatoms. The molecule has 3 rings (SSSR count). The molecule has 0 atom stereocenters. The molecule has 2 aliphatic heterocycles. The van der Waals surface area contributed by atoms with Crippen molar-refractivity contribution in [1.29, 1.82) is 0 Å². The van der Waals surface area contributed by atoms with Gasteiger partial charge in [-0.1, -0.05) is 18.2 Å². The average molecular weight is 231 g/mol. The van der Waals surface area contributed by atoms with E-state index in [1.165, 1.54) is 0 Å². The number of piperidine rings is 1. The van der Waals surface area contributed by atoms with Crippen LogP contribution in [0.5, 0.6) is 0 Å². The van der Waals surface area contributed by atoms with Crippen molar-refractivity contribution < 1.29 is 4.79 Å². The standard InChI is InChI=1S/C13H17N3O/c17-12-10-15-16(11-4-2-1-3-5-11)13(12)6-8-14-9-7-13/h1-5,14-15H,6-10H2. The fourth-order valence-corrected chi connectivity index (χ4v) is 2.85. The molecule has 0 aliphatic carbocycles. The minimum atomic E-state index is -0.327. The van der Waals surface area contributed by atoms with Crippen LogP contribution >= 0.6 is 0 Å². The minimum Gasteiger partial charge on any atom is -0.317 e. The highest BCUT2D eigenvalue weighted by atomic mass is 16.1. The summed E-state index contributed by atoms with van der Waals surface area (Å²) in [5.41, 5.74) is 4.00. The van der Waals surface area contributed by atoms with E-state index in [1.807, 2.05) is 18.2 Å². The number of carbonyl (C=O) groups excluding carboxylic acids is 1. The van der Waals surface area contributed by atoms with E-state index in [9.17, 15) is 4.79 Å². The van der Waals surface area contributed by atoms with Gasteiger partial charge in [0.15, 0.2) is 5.78 Å². The Morgan fingerprint density at radius 1 is 1.12 bits per heavy atom. The van der Waals surface area contributed by atoms with Gasteiger partial charge in [-0.05, 0) is 38.1 Å². The highest BCUT2D eigenvalue weighted by Crippen LogP contribution is 2.33. The molecule has 0 amide bonds. The molecule has 1 aromatic carbocycles. The summed E-state index contributed by atoms with van der Waals surface area (Å²) in [5, 5.41) is 5.40. The normalized spacial score (nSPS) is 23.3. The van der Waals surface area contributed by atoms with Crippen LogP contribution < -0.4 is 15.8 Å². The number of hydrogen-bond donors (Lipinski definition) is 2. The molecule has 2 N–H and O–H groups in total. The number of para-hydroxylation sites is 1. The van der Waals surface area contributed by atoms with Crippen molar-refractivity contribution in [2.75, 3.05) is 24.6 Å². The fraction of sp³-hybridized carbons (Fsp3) is 0.462. The van der Waals surface area contributed by atoms with Crippen LogP contribution in [0, 0.1) is 0 Å². The van der Waals surface area contributed by atoms with Gasteiger partial charge >= 0.3 is 0 Å². The van der Waals surface area contributed by atoms with E-state index in [4.69, 9.17) is 0 Å². The van der Waals surface area contributed by atoms with E-state index in [2.05, 4.69) is 27.9 Å². The first-order valence-corrected chi connectivity index (χ1v) is 6.16. The number of nitrogens with one attached hydrogen (secondary N) is 2. The second kappa shape index (κ2) is 4.13. The van der Waals surface area contributed by atoms with Crippen molar-refractivity contribution in [3.05, 3.63) is 30.3 Å². The highest BCUT2D eigenvalue weighted by Gasteiger charge is 2.48. The third kappa shape index (κ3) is 1.64. The van der Waals surface area contributed by atoms with Gasteiger partial charge in [0, 0.05) is 0 Å². The number of carbonyl (C=O) groups is 1. The summed E-state index contributed by atoms with van der Waals surface area (Å²) in [4.78, 5) is 12.2. The predicted octanol–water partition coefficient (Wildman–Crippen LogP) is 0.702. The van der Waals surface area contributed by atoms with Crippen molar-refractivity contribution in [2.45, 2.75) is 18.4 Å². The van der Waals surface area contributed by atoms with Crippen molar-refractivity contribution in [1.82, 2.24) is 10.7 Å². The van der Waals surface area contributed by atoms with Gasteiger partial charge in [0.25, 0.3) is 0 Å². The molecule has 2 heterocycles. The maximum absolute atomic E-state index is 12.2. The Kier molecular flexibility index (Phi) is 2.61. The molecule has 2 fully saturated rings. The second-order valence-electron chi connectivity index (χ2n) is 4.71. The van der Waals surface area contributed by atoms with Crippen LogP contribution in [-0.2, 0) is 4.79 Å². The topological polar surface area (TPSA) is 44.4 Å².